The van der Waals surface area contributed by atoms with E-state index in [1.807, 2.05) is 0 Å². The lowest BCUT2D eigenvalue weighted by Crippen LogP contribution is -2.29. The fourth-order valence-electron chi connectivity index (χ4n) is 2.33. The largest absolute Gasteiger partial charge is 0.348 e. The Morgan fingerprint density at radius 1 is 1.13 bits per heavy atom. The molecule has 1 fully saturated rings. The summed E-state index contributed by atoms with van der Waals surface area (Å²) in [5.74, 6) is -0.588. The fraction of sp³-hybridized carbons (Fsp3) is 0.333. The van der Waals surface area contributed by atoms with Gasteiger partial charge in [-0.25, -0.2) is 9.37 Å². The zero-order valence-electron chi connectivity index (χ0n) is 12.3. The third-order valence-corrected chi connectivity index (χ3v) is 4.35. The molecule has 4 nitrogen and oxygen atoms in total. The molecule has 1 aliphatic heterocycles. The highest BCUT2D eigenvalue weighted by molar-refractivity contribution is 7.14. The summed E-state index contributed by atoms with van der Waals surface area (Å²) in [5.41, 5.74) is 0.971. The monoisotopic (exact) mass is 377 g/mol. The van der Waals surface area contributed by atoms with E-state index < -0.39 is 0 Å². The van der Waals surface area contributed by atoms with Crippen LogP contribution in [0.2, 0.25) is 0 Å². The molecule has 0 saturated carbocycles. The highest BCUT2D eigenvalue weighted by atomic mass is 35.5. The van der Waals surface area contributed by atoms with Crippen LogP contribution in [0.5, 0.6) is 0 Å². The highest BCUT2D eigenvalue weighted by Gasteiger charge is 2.17. The van der Waals surface area contributed by atoms with E-state index in [1.165, 1.54) is 54.9 Å². The van der Waals surface area contributed by atoms with Gasteiger partial charge in [-0.2, -0.15) is 0 Å². The first-order chi connectivity index (χ1) is 10.2. The number of nitrogens with one attached hydrogen (secondary N) is 1. The van der Waals surface area contributed by atoms with Crippen LogP contribution < -0.4 is 10.2 Å². The van der Waals surface area contributed by atoms with Crippen LogP contribution >= 0.6 is 36.2 Å². The molecule has 0 radical (unpaired) electrons. The number of hydrogen-bond donors (Lipinski definition) is 1. The van der Waals surface area contributed by atoms with Crippen molar-refractivity contribution in [1.82, 2.24) is 4.98 Å². The number of carbonyl (C=O) groups is 1. The van der Waals surface area contributed by atoms with Gasteiger partial charge in [-0.15, -0.1) is 36.2 Å². The molecular weight excluding hydrogens is 360 g/mol. The van der Waals surface area contributed by atoms with Gasteiger partial charge in [0.15, 0.2) is 5.13 Å². The summed E-state index contributed by atoms with van der Waals surface area (Å²) in [6, 6.07) is 5.70. The summed E-state index contributed by atoms with van der Waals surface area (Å²) in [6.07, 6.45) is 3.62. The molecular formula is C15H18Cl2FN3OS. The highest BCUT2D eigenvalue weighted by Crippen LogP contribution is 2.24. The second-order valence-electron chi connectivity index (χ2n) is 5.02. The quantitative estimate of drug-likeness (QED) is 0.863. The van der Waals surface area contributed by atoms with Gasteiger partial charge in [-0.1, -0.05) is 0 Å². The number of amides is 1. The second-order valence-corrected chi connectivity index (χ2v) is 5.86. The van der Waals surface area contributed by atoms with Crippen molar-refractivity contribution in [3.8, 4) is 0 Å². The summed E-state index contributed by atoms with van der Waals surface area (Å²) < 4.78 is 12.8. The molecule has 1 aromatic carbocycles. The topological polar surface area (TPSA) is 45.2 Å². The Morgan fingerprint density at radius 3 is 2.43 bits per heavy atom. The number of thiazole rings is 1. The molecule has 3 rings (SSSR count). The number of anilines is 2. The van der Waals surface area contributed by atoms with E-state index in [9.17, 15) is 9.18 Å². The third kappa shape index (κ3) is 5.06. The molecule has 0 atom stereocenters. The van der Waals surface area contributed by atoms with Crippen LogP contribution in [0.4, 0.5) is 15.2 Å². The molecule has 1 N–H and O–H groups in total. The maximum absolute atomic E-state index is 12.8. The van der Waals surface area contributed by atoms with Crippen molar-refractivity contribution in [3.63, 3.8) is 0 Å². The third-order valence-electron chi connectivity index (χ3n) is 3.45. The Hall–Kier alpha value is -1.37. The number of rotatable bonds is 3. The molecule has 1 saturated heterocycles. The Morgan fingerprint density at radius 2 is 1.78 bits per heavy atom. The first-order valence-corrected chi connectivity index (χ1v) is 7.88. The standard InChI is InChI=1S/C15H16FN3OS.2ClH/c16-11-4-6-12(7-5-11)17-14(20)13-10-21-15(18-13)19-8-2-1-3-9-19;;/h4-7,10H,1-3,8-9H2,(H,17,20);2*1H. The number of nitrogens with zero attached hydrogens (tertiary/aromatic N) is 2. The van der Waals surface area contributed by atoms with Gasteiger partial charge in [0.25, 0.3) is 5.91 Å². The maximum atomic E-state index is 12.8. The number of piperidine rings is 1. The second kappa shape index (κ2) is 9.05. The van der Waals surface area contributed by atoms with Gasteiger partial charge in [-0.05, 0) is 43.5 Å². The molecule has 1 amide bonds. The van der Waals surface area contributed by atoms with Crippen molar-refractivity contribution in [2.24, 2.45) is 0 Å². The van der Waals surface area contributed by atoms with Crippen molar-refractivity contribution in [1.29, 1.82) is 0 Å². The minimum Gasteiger partial charge on any atom is -0.348 e. The number of halogens is 3. The smallest absolute Gasteiger partial charge is 0.275 e. The van der Waals surface area contributed by atoms with Crippen molar-refractivity contribution >= 4 is 52.9 Å². The van der Waals surface area contributed by atoms with Crippen molar-refractivity contribution < 1.29 is 9.18 Å². The van der Waals surface area contributed by atoms with Gasteiger partial charge >= 0.3 is 0 Å². The SMILES string of the molecule is Cl.Cl.O=C(Nc1ccc(F)cc1)c1csc(N2CCCCC2)n1. The maximum Gasteiger partial charge on any atom is 0.275 e. The van der Waals surface area contributed by atoms with E-state index in [1.54, 1.807) is 5.38 Å². The van der Waals surface area contributed by atoms with Crippen LogP contribution in [0.3, 0.4) is 0 Å². The average molecular weight is 378 g/mol. The zero-order valence-corrected chi connectivity index (χ0v) is 14.8. The lowest BCUT2D eigenvalue weighted by atomic mass is 10.1. The number of carbonyl (C=O) groups excluding carboxylic acids is 1. The Labute approximate surface area is 150 Å². The zero-order chi connectivity index (χ0) is 14.7. The predicted molar refractivity (Wildman–Crippen MR) is 97.0 cm³/mol. The van der Waals surface area contributed by atoms with Crippen LogP contribution in [0.15, 0.2) is 29.6 Å². The lowest BCUT2D eigenvalue weighted by Gasteiger charge is -2.25. The van der Waals surface area contributed by atoms with E-state index >= 15 is 0 Å². The molecule has 0 aliphatic carbocycles. The molecule has 1 aliphatic rings. The first-order valence-electron chi connectivity index (χ1n) is 7.00. The molecule has 0 spiro atoms. The van der Waals surface area contributed by atoms with E-state index in [4.69, 9.17) is 0 Å². The molecule has 0 unspecified atom stereocenters. The number of hydrogen-bond acceptors (Lipinski definition) is 4. The summed E-state index contributed by atoms with van der Waals surface area (Å²) in [6.45, 7) is 2.01. The Balaban J connectivity index is 0.00000132. The van der Waals surface area contributed by atoms with Crippen LogP contribution in [-0.4, -0.2) is 24.0 Å². The Bertz CT molecular complexity index is 630. The van der Waals surface area contributed by atoms with Crippen molar-refractivity contribution in [2.45, 2.75) is 19.3 Å². The molecule has 2 heterocycles. The summed E-state index contributed by atoms with van der Waals surface area (Å²) in [4.78, 5) is 18.7. The number of aromatic nitrogens is 1. The molecule has 2 aromatic rings. The molecule has 23 heavy (non-hydrogen) atoms. The minimum absolute atomic E-state index is 0. The van der Waals surface area contributed by atoms with E-state index in [0.717, 1.165) is 18.2 Å². The van der Waals surface area contributed by atoms with E-state index in [0.29, 0.717) is 11.4 Å². The van der Waals surface area contributed by atoms with Crippen molar-refractivity contribution in [2.75, 3.05) is 23.3 Å². The summed E-state index contributed by atoms with van der Waals surface area (Å²) >= 11 is 1.49. The lowest BCUT2D eigenvalue weighted by molar-refractivity contribution is 0.102. The molecule has 1 aromatic heterocycles. The predicted octanol–water partition coefficient (Wildman–Crippen LogP) is 4.37. The van der Waals surface area contributed by atoms with Crippen molar-refractivity contribution in [3.05, 3.63) is 41.2 Å². The van der Waals surface area contributed by atoms with Gasteiger partial charge in [-0.3, -0.25) is 4.79 Å². The fourth-order valence-corrected chi connectivity index (χ4v) is 3.19. The van der Waals surface area contributed by atoms with Crippen LogP contribution in [0, 0.1) is 5.82 Å². The van der Waals surface area contributed by atoms with Crippen LogP contribution in [0.25, 0.3) is 0 Å². The molecule has 8 heteroatoms. The van der Waals surface area contributed by atoms with Gasteiger partial charge in [0.1, 0.15) is 11.5 Å². The normalized spacial score (nSPS) is 13.7. The van der Waals surface area contributed by atoms with E-state index in [-0.39, 0.29) is 36.5 Å². The number of benzene rings is 1. The average Bonchev–Trinajstić information content (AvgIpc) is 3.00. The van der Waals surface area contributed by atoms with Crippen LogP contribution in [0.1, 0.15) is 29.8 Å². The van der Waals surface area contributed by atoms with Gasteiger partial charge in [0.2, 0.25) is 0 Å². The summed E-state index contributed by atoms with van der Waals surface area (Å²) in [7, 11) is 0. The van der Waals surface area contributed by atoms with E-state index in [2.05, 4.69) is 15.2 Å². The first kappa shape index (κ1) is 19.7. The van der Waals surface area contributed by atoms with Gasteiger partial charge in [0.05, 0.1) is 0 Å². The molecule has 0 bridgehead atoms. The minimum atomic E-state index is -0.325. The Kier molecular flexibility index (Phi) is 7.75. The summed E-state index contributed by atoms with van der Waals surface area (Å²) in [5, 5.41) is 5.39. The van der Waals surface area contributed by atoms with Gasteiger partial charge in [0, 0.05) is 24.2 Å². The van der Waals surface area contributed by atoms with Crippen LogP contribution in [-0.2, 0) is 0 Å². The molecule has 126 valence electrons. The van der Waals surface area contributed by atoms with Gasteiger partial charge < -0.3 is 10.2 Å².